The minimum absolute atomic E-state index is 0.146. The third-order valence-electron chi connectivity index (χ3n) is 3.60. The second-order valence-corrected chi connectivity index (χ2v) is 5.55. The highest BCUT2D eigenvalue weighted by Gasteiger charge is 2.19. The Bertz CT molecular complexity index is 913. The molecule has 0 amide bonds. The van der Waals surface area contributed by atoms with Crippen molar-refractivity contribution in [1.82, 2.24) is 10.1 Å². The molecule has 6 heteroatoms. The van der Waals surface area contributed by atoms with Gasteiger partial charge in [0.2, 0.25) is 0 Å². The summed E-state index contributed by atoms with van der Waals surface area (Å²) in [6, 6.07) is 13.7. The van der Waals surface area contributed by atoms with E-state index in [9.17, 15) is 9.59 Å². The van der Waals surface area contributed by atoms with Gasteiger partial charge in [0.1, 0.15) is 0 Å². The predicted molar refractivity (Wildman–Crippen MR) is 89.2 cm³/mol. The topological polar surface area (TPSA) is 82.3 Å². The monoisotopic (exact) mass is 336 g/mol. The molecule has 25 heavy (non-hydrogen) atoms. The van der Waals surface area contributed by atoms with Gasteiger partial charge in [-0.3, -0.25) is 4.79 Å². The van der Waals surface area contributed by atoms with E-state index in [1.807, 2.05) is 19.1 Å². The van der Waals surface area contributed by atoms with E-state index < -0.39 is 5.97 Å². The summed E-state index contributed by atoms with van der Waals surface area (Å²) in [5, 5.41) is 3.63. The molecule has 0 aliphatic carbocycles. The average molecular weight is 336 g/mol. The highest BCUT2D eigenvalue weighted by atomic mass is 16.6. The highest BCUT2D eigenvalue weighted by molar-refractivity contribution is 6.14. The summed E-state index contributed by atoms with van der Waals surface area (Å²) in [5.74, 6) is -0.192. The van der Waals surface area contributed by atoms with Crippen LogP contribution in [0.2, 0.25) is 0 Å². The maximum atomic E-state index is 12.7. The van der Waals surface area contributed by atoms with Gasteiger partial charge in [0.25, 0.3) is 5.89 Å². The number of ether oxygens (including phenoxy) is 1. The van der Waals surface area contributed by atoms with Gasteiger partial charge in [-0.1, -0.05) is 53.2 Å². The quantitative estimate of drug-likeness (QED) is 0.525. The molecule has 1 aromatic heterocycles. The predicted octanol–water partition coefficient (Wildman–Crippen LogP) is 3.27. The van der Waals surface area contributed by atoms with Crippen molar-refractivity contribution < 1.29 is 18.8 Å². The van der Waals surface area contributed by atoms with Gasteiger partial charge < -0.3 is 9.26 Å². The van der Waals surface area contributed by atoms with Gasteiger partial charge in [-0.05, 0) is 19.9 Å². The third-order valence-corrected chi connectivity index (χ3v) is 3.60. The van der Waals surface area contributed by atoms with Crippen molar-refractivity contribution >= 4 is 11.8 Å². The van der Waals surface area contributed by atoms with Crippen molar-refractivity contribution in [2.45, 2.75) is 20.5 Å². The molecule has 0 atom stereocenters. The van der Waals surface area contributed by atoms with E-state index in [0.29, 0.717) is 11.4 Å². The van der Waals surface area contributed by atoms with Crippen LogP contribution in [0.5, 0.6) is 0 Å². The number of ketones is 1. The zero-order chi connectivity index (χ0) is 17.8. The van der Waals surface area contributed by atoms with Crippen molar-refractivity contribution in [3.05, 3.63) is 82.5 Å². The van der Waals surface area contributed by atoms with E-state index in [-0.39, 0.29) is 29.4 Å². The first-order valence-corrected chi connectivity index (χ1v) is 7.71. The van der Waals surface area contributed by atoms with Crippen LogP contribution in [0, 0.1) is 13.8 Å². The average Bonchev–Trinajstić information content (AvgIpc) is 3.05. The fourth-order valence-corrected chi connectivity index (χ4v) is 2.32. The molecule has 2 aromatic carbocycles. The van der Waals surface area contributed by atoms with Crippen LogP contribution < -0.4 is 0 Å². The van der Waals surface area contributed by atoms with Crippen LogP contribution in [0.1, 0.15) is 43.6 Å². The van der Waals surface area contributed by atoms with Crippen LogP contribution in [0.3, 0.4) is 0 Å². The molecule has 0 unspecified atom stereocenters. The lowest BCUT2D eigenvalue weighted by atomic mass is 9.98. The first kappa shape index (κ1) is 16.6. The third kappa shape index (κ3) is 3.80. The molecular weight excluding hydrogens is 320 g/mol. The molecule has 0 N–H and O–H groups in total. The van der Waals surface area contributed by atoms with Gasteiger partial charge >= 0.3 is 5.97 Å². The molecule has 126 valence electrons. The SMILES string of the molecule is Cc1ccc(C(=O)c2ccccc2C(=O)OCc2nc(C)no2)cc1. The Labute approximate surface area is 144 Å². The lowest BCUT2D eigenvalue weighted by Crippen LogP contribution is -2.12. The van der Waals surface area contributed by atoms with Gasteiger partial charge in [0.15, 0.2) is 18.2 Å². The van der Waals surface area contributed by atoms with E-state index >= 15 is 0 Å². The zero-order valence-corrected chi connectivity index (χ0v) is 13.9. The zero-order valence-electron chi connectivity index (χ0n) is 13.9. The van der Waals surface area contributed by atoms with E-state index in [4.69, 9.17) is 9.26 Å². The maximum Gasteiger partial charge on any atom is 0.339 e. The van der Waals surface area contributed by atoms with E-state index in [0.717, 1.165) is 5.56 Å². The number of aryl methyl sites for hydroxylation is 2. The smallest absolute Gasteiger partial charge is 0.339 e. The standard InChI is InChI=1S/C19H16N2O4/c1-12-7-9-14(10-8-12)18(22)15-5-3-4-6-16(15)19(23)24-11-17-20-13(2)21-25-17/h3-10H,11H2,1-2H3. The van der Waals surface area contributed by atoms with Gasteiger partial charge in [-0.2, -0.15) is 4.98 Å². The largest absolute Gasteiger partial charge is 0.452 e. The van der Waals surface area contributed by atoms with Gasteiger partial charge in [0, 0.05) is 11.1 Å². The van der Waals surface area contributed by atoms with Crippen LogP contribution in [-0.2, 0) is 11.3 Å². The van der Waals surface area contributed by atoms with Gasteiger partial charge in [0.05, 0.1) is 5.56 Å². The summed E-state index contributed by atoms with van der Waals surface area (Å²) in [4.78, 5) is 29.1. The molecular formula is C19H16N2O4. The van der Waals surface area contributed by atoms with E-state index in [1.165, 1.54) is 0 Å². The maximum absolute atomic E-state index is 12.7. The lowest BCUT2D eigenvalue weighted by Gasteiger charge is -2.08. The first-order valence-electron chi connectivity index (χ1n) is 7.71. The summed E-state index contributed by atoms with van der Waals surface area (Å²) >= 11 is 0. The molecule has 0 fully saturated rings. The second kappa shape index (κ2) is 7.09. The Kier molecular flexibility index (Phi) is 4.70. The summed E-state index contributed by atoms with van der Waals surface area (Å²) in [7, 11) is 0. The molecule has 0 saturated heterocycles. The van der Waals surface area contributed by atoms with E-state index in [2.05, 4.69) is 10.1 Å². The number of rotatable bonds is 5. The lowest BCUT2D eigenvalue weighted by molar-refractivity contribution is 0.0427. The molecule has 0 radical (unpaired) electrons. The fraction of sp³-hybridized carbons (Fsp3) is 0.158. The van der Waals surface area contributed by atoms with Crippen molar-refractivity contribution in [1.29, 1.82) is 0 Å². The summed E-state index contributed by atoms with van der Waals surface area (Å²) in [6.45, 7) is 3.47. The van der Waals surface area contributed by atoms with Crippen molar-refractivity contribution in [3.8, 4) is 0 Å². The molecule has 0 saturated carbocycles. The molecule has 0 bridgehead atoms. The minimum Gasteiger partial charge on any atom is -0.452 e. The molecule has 0 aliphatic heterocycles. The Balaban J connectivity index is 1.81. The van der Waals surface area contributed by atoms with Crippen LogP contribution >= 0.6 is 0 Å². The van der Waals surface area contributed by atoms with E-state index in [1.54, 1.807) is 43.3 Å². The number of aromatic nitrogens is 2. The number of hydrogen-bond acceptors (Lipinski definition) is 6. The number of benzene rings is 2. The number of hydrogen-bond donors (Lipinski definition) is 0. The summed E-state index contributed by atoms with van der Waals surface area (Å²) in [5.41, 5.74) is 2.06. The molecule has 6 nitrogen and oxygen atoms in total. The van der Waals surface area contributed by atoms with Crippen molar-refractivity contribution in [2.24, 2.45) is 0 Å². The first-order chi connectivity index (χ1) is 12.0. The van der Waals surface area contributed by atoms with Crippen LogP contribution in [0.15, 0.2) is 53.1 Å². The molecule has 3 aromatic rings. The number of esters is 1. The Morgan fingerprint density at radius 3 is 2.32 bits per heavy atom. The van der Waals surface area contributed by atoms with Crippen LogP contribution in [-0.4, -0.2) is 21.9 Å². The summed E-state index contributed by atoms with van der Waals surface area (Å²) < 4.78 is 10.1. The van der Waals surface area contributed by atoms with Crippen molar-refractivity contribution in [2.75, 3.05) is 0 Å². The Morgan fingerprint density at radius 2 is 1.68 bits per heavy atom. The van der Waals surface area contributed by atoms with Gasteiger partial charge in [-0.25, -0.2) is 4.79 Å². The Hall–Kier alpha value is -3.28. The van der Waals surface area contributed by atoms with Gasteiger partial charge in [-0.15, -0.1) is 0 Å². The number of carbonyl (C=O) groups is 2. The fourth-order valence-electron chi connectivity index (χ4n) is 2.32. The summed E-state index contributed by atoms with van der Waals surface area (Å²) in [6.07, 6.45) is 0. The molecule has 0 spiro atoms. The van der Waals surface area contributed by atoms with Crippen LogP contribution in [0.25, 0.3) is 0 Å². The molecule has 3 rings (SSSR count). The minimum atomic E-state index is -0.619. The number of nitrogens with zero attached hydrogens (tertiary/aromatic N) is 2. The normalized spacial score (nSPS) is 10.5. The second-order valence-electron chi connectivity index (χ2n) is 5.55. The number of carbonyl (C=O) groups excluding carboxylic acids is 2. The van der Waals surface area contributed by atoms with Crippen molar-refractivity contribution in [3.63, 3.8) is 0 Å². The molecule has 0 aliphatic rings. The van der Waals surface area contributed by atoms with Crippen LogP contribution in [0.4, 0.5) is 0 Å². The highest BCUT2D eigenvalue weighted by Crippen LogP contribution is 2.17. The Morgan fingerprint density at radius 1 is 1.00 bits per heavy atom. The molecule has 1 heterocycles.